The van der Waals surface area contributed by atoms with Crippen LogP contribution in [-0.2, 0) is 0 Å². The lowest BCUT2D eigenvalue weighted by atomic mass is 10.3. The zero-order valence-electron chi connectivity index (χ0n) is 8.44. The molecule has 2 rings (SSSR count). The van der Waals surface area contributed by atoms with Crippen LogP contribution in [0.1, 0.15) is 0 Å². The van der Waals surface area contributed by atoms with Crippen LogP contribution >= 0.6 is 27.5 Å². The number of nitrogens with zero attached hydrogens (tertiary/aromatic N) is 2. The summed E-state index contributed by atoms with van der Waals surface area (Å²) in [5.74, 6) is 0.620. The van der Waals surface area contributed by atoms with E-state index in [9.17, 15) is 0 Å². The normalized spacial score (nSPS) is 10.4. The maximum absolute atomic E-state index is 5.81. The second-order valence-electron chi connectivity index (χ2n) is 3.11. The number of rotatable bonds is 4. The molecule has 1 heterocycles. The van der Waals surface area contributed by atoms with E-state index in [0.29, 0.717) is 17.5 Å². The first-order chi connectivity index (χ1) is 7.79. The summed E-state index contributed by atoms with van der Waals surface area (Å²) in [6, 6.07) is 9.31. The summed E-state index contributed by atoms with van der Waals surface area (Å²) in [6.45, 7) is 0.609. The molecule has 0 bridgehead atoms. The lowest BCUT2D eigenvalue weighted by Crippen LogP contribution is -2.00. The number of benzene rings is 1. The molecule has 0 aliphatic carbocycles. The van der Waals surface area contributed by atoms with Gasteiger partial charge in [0.05, 0.1) is 12.3 Å². The highest BCUT2D eigenvalue weighted by molar-refractivity contribution is 9.09. The molecule has 0 saturated carbocycles. The molecule has 2 aromatic rings. The zero-order valence-corrected chi connectivity index (χ0v) is 10.8. The standard InChI is InChI=1S/C11H10BrClN2O/c12-6-8-16-11-5-7-15(14-11)10-3-1-9(13)2-4-10/h1-5,7H,6,8H2. The van der Waals surface area contributed by atoms with Crippen LogP contribution in [0.25, 0.3) is 5.69 Å². The Bertz CT molecular complexity index is 455. The Hall–Kier alpha value is -1.00. The predicted molar refractivity (Wildman–Crippen MR) is 67.9 cm³/mol. The van der Waals surface area contributed by atoms with Gasteiger partial charge >= 0.3 is 0 Å². The molecule has 1 aromatic carbocycles. The fraction of sp³-hybridized carbons (Fsp3) is 0.182. The minimum Gasteiger partial charge on any atom is -0.476 e. The third kappa shape index (κ3) is 2.77. The molecule has 0 unspecified atom stereocenters. The second-order valence-corrected chi connectivity index (χ2v) is 4.34. The lowest BCUT2D eigenvalue weighted by molar-refractivity contribution is 0.329. The Morgan fingerprint density at radius 1 is 1.25 bits per heavy atom. The average Bonchev–Trinajstić information content (AvgIpc) is 2.76. The first-order valence-corrected chi connectivity index (χ1v) is 6.30. The molecule has 3 nitrogen and oxygen atoms in total. The largest absolute Gasteiger partial charge is 0.476 e. The van der Waals surface area contributed by atoms with Gasteiger partial charge in [-0.3, -0.25) is 0 Å². The van der Waals surface area contributed by atoms with E-state index in [1.165, 1.54) is 0 Å². The Balaban J connectivity index is 2.15. The number of halogens is 2. The molecule has 0 radical (unpaired) electrons. The van der Waals surface area contributed by atoms with Gasteiger partial charge < -0.3 is 4.74 Å². The van der Waals surface area contributed by atoms with E-state index < -0.39 is 0 Å². The summed E-state index contributed by atoms with van der Waals surface area (Å²) in [6.07, 6.45) is 1.85. The van der Waals surface area contributed by atoms with Gasteiger partial charge in [0, 0.05) is 22.6 Å². The van der Waals surface area contributed by atoms with Crippen LogP contribution in [0.4, 0.5) is 0 Å². The van der Waals surface area contributed by atoms with Crippen molar-refractivity contribution in [3.8, 4) is 11.6 Å². The molecule has 0 spiro atoms. The van der Waals surface area contributed by atoms with E-state index in [1.54, 1.807) is 4.68 Å². The third-order valence-corrected chi connectivity index (χ3v) is 2.56. The van der Waals surface area contributed by atoms with Crippen molar-refractivity contribution in [2.45, 2.75) is 0 Å². The van der Waals surface area contributed by atoms with E-state index >= 15 is 0 Å². The van der Waals surface area contributed by atoms with Gasteiger partial charge in [-0.05, 0) is 24.3 Å². The van der Waals surface area contributed by atoms with Crippen LogP contribution < -0.4 is 4.74 Å². The number of aromatic nitrogens is 2. The number of hydrogen-bond acceptors (Lipinski definition) is 2. The number of hydrogen-bond donors (Lipinski definition) is 0. The monoisotopic (exact) mass is 300 g/mol. The first kappa shape index (κ1) is 11.5. The minimum absolute atomic E-state index is 0.609. The van der Waals surface area contributed by atoms with Crippen LogP contribution in [0.2, 0.25) is 5.02 Å². The fourth-order valence-electron chi connectivity index (χ4n) is 1.26. The molecule has 5 heteroatoms. The van der Waals surface area contributed by atoms with Gasteiger partial charge in [-0.1, -0.05) is 27.5 Å². The van der Waals surface area contributed by atoms with Crippen molar-refractivity contribution in [2.24, 2.45) is 0 Å². The van der Waals surface area contributed by atoms with Crippen molar-refractivity contribution in [1.82, 2.24) is 9.78 Å². The average molecular weight is 302 g/mol. The number of alkyl halides is 1. The van der Waals surface area contributed by atoms with Crippen LogP contribution in [-0.4, -0.2) is 21.7 Å². The molecule has 0 saturated heterocycles. The molecule has 0 fully saturated rings. The SMILES string of the molecule is Clc1ccc(-n2ccc(OCCBr)n2)cc1. The highest BCUT2D eigenvalue weighted by Crippen LogP contribution is 2.15. The maximum atomic E-state index is 5.81. The summed E-state index contributed by atoms with van der Waals surface area (Å²) >= 11 is 9.11. The molecular formula is C11H10BrClN2O. The molecule has 84 valence electrons. The molecular weight excluding hydrogens is 291 g/mol. The van der Waals surface area contributed by atoms with E-state index in [2.05, 4.69) is 21.0 Å². The molecule has 1 aromatic heterocycles. The summed E-state index contributed by atoms with van der Waals surface area (Å²) in [7, 11) is 0. The second kappa shape index (κ2) is 5.37. The Morgan fingerprint density at radius 2 is 2.00 bits per heavy atom. The lowest BCUT2D eigenvalue weighted by Gasteiger charge is -2.01. The van der Waals surface area contributed by atoms with Crippen LogP contribution in [0.5, 0.6) is 5.88 Å². The highest BCUT2D eigenvalue weighted by atomic mass is 79.9. The van der Waals surface area contributed by atoms with Gasteiger partial charge in [0.15, 0.2) is 0 Å². The Morgan fingerprint density at radius 3 is 2.69 bits per heavy atom. The van der Waals surface area contributed by atoms with Crippen molar-refractivity contribution >= 4 is 27.5 Å². The topological polar surface area (TPSA) is 27.1 Å². The van der Waals surface area contributed by atoms with Gasteiger partial charge in [-0.15, -0.1) is 5.10 Å². The van der Waals surface area contributed by atoms with Gasteiger partial charge in [-0.25, -0.2) is 4.68 Å². The maximum Gasteiger partial charge on any atom is 0.233 e. The summed E-state index contributed by atoms with van der Waals surface area (Å²) in [4.78, 5) is 0. The van der Waals surface area contributed by atoms with Crippen molar-refractivity contribution in [1.29, 1.82) is 0 Å². The van der Waals surface area contributed by atoms with Crippen LogP contribution in [0.3, 0.4) is 0 Å². The van der Waals surface area contributed by atoms with Gasteiger partial charge in [0.25, 0.3) is 0 Å². The summed E-state index contributed by atoms with van der Waals surface area (Å²) < 4.78 is 7.13. The fourth-order valence-corrected chi connectivity index (χ4v) is 1.55. The van der Waals surface area contributed by atoms with Crippen molar-refractivity contribution < 1.29 is 4.74 Å². The van der Waals surface area contributed by atoms with E-state index in [4.69, 9.17) is 16.3 Å². The smallest absolute Gasteiger partial charge is 0.233 e. The van der Waals surface area contributed by atoms with Crippen molar-refractivity contribution in [2.75, 3.05) is 11.9 Å². The van der Waals surface area contributed by atoms with Crippen molar-refractivity contribution in [3.05, 3.63) is 41.6 Å². The quantitative estimate of drug-likeness (QED) is 0.810. The molecule has 0 N–H and O–H groups in total. The van der Waals surface area contributed by atoms with E-state index in [1.807, 2.05) is 36.5 Å². The minimum atomic E-state index is 0.609. The van der Waals surface area contributed by atoms with Gasteiger partial charge in [0.2, 0.25) is 5.88 Å². The Kier molecular flexibility index (Phi) is 3.85. The van der Waals surface area contributed by atoms with E-state index in [-0.39, 0.29) is 0 Å². The summed E-state index contributed by atoms with van der Waals surface area (Å²) in [5, 5.41) is 5.79. The van der Waals surface area contributed by atoms with Gasteiger partial charge in [0.1, 0.15) is 0 Å². The van der Waals surface area contributed by atoms with Crippen LogP contribution in [0.15, 0.2) is 36.5 Å². The first-order valence-electron chi connectivity index (χ1n) is 4.80. The molecule has 0 atom stereocenters. The number of ether oxygens (including phenoxy) is 1. The molecule has 0 aliphatic rings. The summed E-state index contributed by atoms with van der Waals surface area (Å²) in [5.41, 5.74) is 0.957. The Labute approximate surface area is 107 Å². The van der Waals surface area contributed by atoms with Crippen molar-refractivity contribution in [3.63, 3.8) is 0 Å². The zero-order chi connectivity index (χ0) is 11.4. The molecule has 0 aliphatic heterocycles. The third-order valence-electron chi connectivity index (χ3n) is 1.98. The molecule has 16 heavy (non-hydrogen) atoms. The van der Waals surface area contributed by atoms with E-state index in [0.717, 1.165) is 11.0 Å². The predicted octanol–water partition coefficient (Wildman–Crippen LogP) is 3.30. The van der Waals surface area contributed by atoms with Crippen LogP contribution in [0, 0.1) is 0 Å². The van der Waals surface area contributed by atoms with Gasteiger partial charge in [-0.2, -0.15) is 0 Å². The highest BCUT2D eigenvalue weighted by Gasteiger charge is 2.01. The molecule has 0 amide bonds.